The van der Waals surface area contributed by atoms with Crippen molar-refractivity contribution < 1.29 is 0 Å². The van der Waals surface area contributed by atoms with Gasteiger partial charge in [-0.3, -0.25) is 4.98 Å². The van der Waals surface area contributed by atoms with Gasteiger partial charge in [0, 0.05) is 23.5 Å². The van der Waals surface area contributed by atoms with Gasteiger partial charge in [0.2, 0.25) is 0 Å². The molecule has 6 nitrogen and oxygen atoms in total. The number of aromatic nitrogens is 4. The molecule has 4 N–H and O–H groups in total. The normalized spacial score (nSPS) is 12.4. The number of hydrogen-bond donors (Lipinski definition) is 2. The standard InChI is InChI=1S/C24H28N6/c1-3-7-20(26)22-10-6-9-21(29-22)17-12-16(4-2)19-15-27-30(23(19)13-17)24-11-5-8-18(14-25)28-24/h5-6,8-13,15,20H,3-4,7,14,25-26H2,1-2H3/t20-/m0/s1. The molecule has 0 saturated carbocycles. The number of fused-ring (bicyclic) bond motifs is 1. The van der Waals surface area contributed by atoms with Crippen LogP contribution in [0.2, 0.25) is 0 Å². The SMILES string of the molecule is CCC[C@H](N)c1cccc(-c2cc(CC)c3cnn(-c4cccc(CN)n4)c3c2)n1. The molecule has 0 aliphatic rings. The number of benzene rings is 1. The second-order valence-electron chi connectivity index (χ2n) is 7.51. The van der Waals surface area contributed by atoms with E-state index in [1.807, 2.05) is 47.3 Å². The quantitative estimate of drug-likeness (QED) is 0.482. The summed E-state index contributed by atoms with van der Waals surface area (Å²) in [5.41, 5.74) is 18.1. The molecular weight excluding hydrogens is 372 g/mol. The van der Waals surface area contributed by atoms with Crippen LogP contribution in [-0.2, 0) is 13.0 Å². The van der Waals surface area contributed by atoms with Gasteiger partial charge in [-0.25, -0.2) is 9.67 Å². The lowest BCUT2D eigenvalue weighted by atomic mass is 10.0. The third-order valence-corrected chi connectivity index (χ3v) is 5.42. The van der Waals surface area contributed by atoms with E-state index >= 15 is 0 Å². The van der Waals surface area contributed by atoms with Crippen molar-refractivity contribution in [1.29, 1.82) is 0 Å². The summed E-state index contributed by atoms with van der Waals surface area (Å²) >= 11 is 0. The van der Waals surface area contributed by atoms with Gasteiger partial charge >= 0.3 is 0 Å². The minimum Gasteiger partial charge on any atom is -0.325 e. The summed E-state index contributed by atoms with van der Waals surface area (Å²) in [6, 6.07) is 16.2. The predicted octanol–water partition coefficient (Wildman–Crippen LogP) is 4.30. The Morgan fingerprint density at radius 2 is 1.87 bits per heavy atom. The molecule has 0 aliphatic heterocycles. The van der Waals surface area contributed by atoms with Crippen LogP contribution in [0.25, 0.3) is 28.0 Å². The Balaban J connectivity index is 1.85. The van der Waals surface area contributed by atoms with Crippen LogP contribution in [0.1, 0.15) is 49.7 Å². The van der Waals surface area contributed by atoms with Crippen molar-refractivity contribution in [2.75, 3.05) is 0 Å². The summed E-state index contributed by atoms with van der Waals surface area (Å²) in [7, 11) is 0. The van der Waals surface area contributed by atoms with Crippen LogP contribution in [0.4, 0.5) is 0 Å². The first-order valence-electron chi connectivity index (χ1n) is 10.5. The number of nitrogens with zero attached hydrogens (tertiary/aromatic N) is 4. The largest absolute Gasteiger partial charge is 0.325 e. The molecule has 0 saturated heterocycles. The van der Waals surface area contributed by atoms with E-state index in [1.165, 1.54) is 5.56 Å². The van der Waals surface area contributed by atoms with E-state index in [4.69, 9.17) is 16.5 Å². The van der Waals surface area contributed by atoms with E-state index < -0.39 is 0 Å². The maximum absolute atomic E-state index is 6.31. The molecule has 4 rings (SSSR count). The fraction of sp³-hybridized carbons (Fsp3) is 0.292. The molecule has 0 aliphatic carbocycles. The van der Waals surface area contributed by atoms with Crippen molar-refractivity contribution in [3.05, 3.63) is 71.7 Å². The zero-order valence-electron chi connectivity index (χ0n) is 17.5. The maximum Gasteiger partial charge on any atom is 0.154 e. The monoisotopic (exact) mass is 400 g/mol. The second-order valence-corrected chi connectivity index (χ2v) is 7.51. The third kappa shape index (κ3) is 3.84. The maximum atomic E-state index is 6.31. The van der Waals surface area contributed by atoms with E-state index in [2.05, 4.69) is 36.1 Å². The highest BCUT2D eigenvalue weighted by molar-refractivity contribution is 5.88. The highest BCUT2D eigenvalue weighted by atomic mass is 15.3. The van der Waals surface area contributed by atoms with Crippen LogP contribution in [0.15, 0.2) is 54.7 Å². The van der Waals surface area contributed by atoms with Crippen LogP contribution >= 0.6 is 0 Å². The molecule has 0 fully saturated rings. The Bertz CT molecular complexity index is 1160. The predicted molar refractivity (Wildman–Crippen MR) is 121 cm³/mol. The molecule has 1 aromatic carbocycles. The van der Waals surface area contributed by atoms with E-state index in [-0.39, 0.29) is 6.04 Å². The molecule has 4 aromatic rings. The van der Waals surface area contributed by atoms with E-state index in [0.717, 1.165) is 58.6 Å². The van der Waals surface area contributed by atoms with Crippen LogP contribution in [-0.4, -0.2) is 19.7 Å². The van der Waals surface area contributed by atoms with Crippen LogP contribution in [0.5, 0.6) is 0 Å². The molecule has 0 amide bonds. The molecule has 0 unspecified atom stereocenters. The van der Waals surface area contributed by atoms with Crippen molar-refractivity contribution in [3.8, 4) is 17.1 Å². The number of aryl methyl sites for hydroxylation is 1. The average Bonchev–Trinajstić information content (AvgIpc) is 3.23. The summed E-state index contributed by atoms with van der Waals surface area (Å²) < 4.78 is 1.88. The fourth-order valence-corrected chi connectivity index (χ4v) is 3.80. The molecular formula is C24H28N6. The van der Waals surface area contributed by atoms with Crippen molar-refractivity contribution in [2.24, 2.45) is 11.5 Å². The zero-order chi connectivity index (χ0) is 21.1. The zero-order valence-corrected chi connectivity index (χ0v) is 17.5. The lowest BCUT2D eigenvalue weighted by Crippen LogP contribution is -2.11. The Labute approximate surface area is 177 Å². The molecule has 3 heterocycles. The van der Waals surface area contributed by atoms with Crippen LogP contribution in [0.3, 0.4) is 0 Å². The highest BCUT2D eigenvalue weighted by Crippen LogP contribution is 2.29. The Morgan fingerprint density at radius 1 is 1.03 bits per heavy atom. The summed E-state index contributed by atoms with van der Waals surface area (Å²) in [6.07, 6.45) is 4.77. The van der Waals surface area contributed by atoms with E-state index in [0.29, 0.717) is 6.54 Å². The van der Waals surface area contributed by atoms with Crippen LogP contribution < -0.4 is 11.5 Å². The average molecular weight is 401 g/mol. The van der Waals surface area contributed by atoms with Gasteiger partial charge in [-0.05, 0) is 54.8 Å². The number of pyridine rings is 2. The minimum absolute atomic E-state index is 0.0435. The Hall–Kier alpha value is -3.09. The molecule has 6 heteroatoms. The molecule has 0 bridgehead atoms. The van der Waals surface area contributed by atoms with Crippen molar-refractivity contribution in [3.63, 3.8) is 0 Å². The summed E-state index contributed by atoms with van der Waals surface area (Å²) in [5, 5.41) is 5.75. The Morgan fingerprint density at radius 3 is 2.63 bits per heavy atom. The highest BCUT2D eigenvalue weighted by Gasteiger charge is 2.14. The van der Waals surface area contributed by atoms with E-state index in [1.54, 1.807) is 0 Å². The van der Waals surface area contributed by atoms with Gasteiger partial charge in [0.05, 0.1) is 28.8 Å². The van der Waals surface area contributed by atoms with Crippen molar-refractivity contribution >= 4 is 10.9 Å². The van der Waals surface area contributed by atoms with Crippen molar-refractivity contribution in [2.45, 2.75) is 45.7 Å². The van der Waals surface area contributed by atoms with Gasteiger partial charge in [-0.2, -0.15) is 5.10 Å². The van der Waals surface area contributed by atoms with Gasteiger partial charge < -0.3 is 11.5 Å². The smallest absolute Gasteiger partial charge is 0.154 e. The molecule has 30 heavy (non-hydrogen) atoms. The summed E-state index contributed by atoms with van der Waals surface area (Å²) in [4.78, 5) is 9.51. The number of nitrogens with two attached hydrogens (primary N) is 2. The Kier molecular flexibility index (Phi) is 5.88. The van der Waals surface area contributed by atoms with Gasteiger partial charge in [-0.15, -0.1) is 0 Å². The van der Waals surface area contributed by atoms with Gasteiger partial charge in [0.1, 0.15) is 0 Å². The molecule has 3 aromatic heterocycles. The van der Waals surface area contributed by atoms with Gasteiger partial charge in [-0.1, -0.05) is 32.4 Å². The molecule has 1 atom stereocenters. The first-order chi connectivity index (χ1) is 14.6. The van der Waals surface area contributed by atoms with Gasteiger partial charge in [0.15, 0.2) is 5.82 Å². The van der Waals surface area contributed by atoms with Crippen molar-refractivity contribution in [1.82, 2.24) is 19.7 Å². The first-order valence-corrected chi connectivity index (χ1v) is 10.5. The fourth-order valence-electron chi connectivity index (χ4n) is 3.80. The number of rotatable bonds is 7. The number of hydrogen-bond acceptors (Lipinski definition) is 5. The lowest BCUT2D eigenvalue weighted by molar-refractivity contribution is 0.622. The van der Waals surface area contributed by atoms with Crippen LogP contribution in [0, 0.1) is 0 Å². The molecule has 0 spiro atoms. The molecule has 0 radical (unpaired) electrons. The lowest BCUT2D eigenvalue weighted by Gasteiger charge is -2.12. The molecule has 154 valence electrons. The summed E-state index contributed by atoms with van der Waals surface area (Å²) in [5.74, 6) is 0.763. The first kappa shape index (κ1) is 20.2. The second kappa shape index (κ2) is 8.73. The minimum atomic E-state index is -0.0435. The third-order valence-electron chi connectivity index (χ3n) is 5.42. The topological polar surface area (TPSA) is 95.6 Å². The van der Waals surface area contributed by atoms with E-state index in [9.17, 15) is 0 Å². The summed E-state index contributed by atoms with van der Waals surface area (Å²) in [6.45, 7) is 4.69. The van der Waals surface area contributed by atoms with Gasteiger partial charge in [0.25, 0.3) is 0 Å².